The Morgan fingerprint density at radius 2 is 1.55 bits per heavy atom. The standard InChI is InChI=1S/C20H21NO6S2/c1-15-5-9-17(10-6-15)28(22,23)20(19-4-3-13-27-19)14-21-29(24,25)18-11-7-16(26-2)8-12-18/h3-13,20-21H,14H2,1-2H3/t20-/m1/s1. The van der Waals surface area contributed by atoms with Crippen molar-refractivity contribution < 1.29 is 26.0 Å². The molecule has 0 fully saturated rings. The molecular formula is C20H21NO6S2. The Morgan fingerprint density at radius 1 is 0.931 bits per heavy atom. The average molecular weight is 436 g/mol. The summed E-state index contributed by atoms with van der Waals surface area (Å²) in [6, 6.07) is 15.2. The highest BCUT2D eigenvalue weighted by atomic mass is 32.2. The second kappa shape index (κ2) is 8.40. The number of nitrogens with one attached hydrogen (secondary N) is 1. The topological polar surface area (TPSA) is 103 Å². The predicted molar refractivity (Wildman–Crippen MR) is 108 cm³/mol. The van der Waals surface area contributed by atoms with E-state index in [0.717, 1.165) is 5.56 Å². The molecule has 0 aliphatic rings. The largest absolute Gasteiger partial charge is 0.497 e. The summed E-state index contributed by atoms with van der Waals surface area (Å²) in [5.41, 5.74) is 0.915. The molecular weight excluding hydrogens is 414 g/mol. The lowest BCUT2D eigenvalue weighted by atomic mass is 10.2. The van der Waals surface area contributed by atoms with Crippen LogP contribution in [0.25, 0.3) is 0 Å². The molecule has 1 aromatic heterocycles. The fraction of sp³-hybridized carbons (Fsp3) is 0.200. The summed E-state index contributed by atoms with van der Waals surface area (Å²) in [5, 5.41) is -1.21. The van der Waals surface area contributed by atoms with E-state index in [1.165, 1.54) is 55.8 Å². The van der Waals surface area contributed by atoms with Gasteiger partial charge in [0.15, 0.2) is 9.84 Å². The van der Waals surface area contributed by atoms with E-state index in [4.69, 9.17) is 9.15 Å². The second-order valence-corrected chi connectivity index (χ2v) is 10.3. The Bertz CT molecular complexity index is 1150. The summed E-state index contributed by atoms with van der Waals surface area (Å²) < 4.78 is 64.3. The summed E-state index contributed by atoms with van der Waals surface area (Å²) in [5.74, 6) is 0.669. The van der Waals surface area contributed by atoms with Crippen LogP contribution in [0.4, 0.5) is 0 Å². The van der Waals surface area contributed by atoms with Crippen LogP contribution in [0.2, 0.25) is 0 Å². The smallest absolute Gasteiger partial charge is 0.240 e. The molecule has 29 heavy (non-hydrogen) atoms. The molecule has 7 nitrogen and oxygen atoms in total. The zero-order valence-electron chi connectivity index (χ0n) is 15.9. The van der Waals surface area contributed by atoms with Gasteiger partial charge in [0.25, 0.3) is 0 Å². The number of rotatable bonds is 8. The van der Waals surface area contributed by atoms with Gasteiger partial charge in [0.05, 0.1) is 23.2 Å². The fourth-order valence-electron chi connectivity index (χ4n) is 2.75. The molecule has 0 amide bonds. The van der Waals surface area contributed by atoms with E-state index < -0.39 is 25.1 Å². The van der Waals surface area contributed by atoms with Crippen LogP contribution < -0.4 is 9.46 Å². The van der Waals surface area contributed by atoms with Gasteiger partial charge in [-0.2, -0.15) is 0 Å². The van der Waals surface area contributed by atoms with Crippen molar-refractivity contribution in [3.63, 3.8) is 0 Å². The van der Waals surface area contributed by atoms with Gasteiger partial charge >= 0.3 is 0 Å². The summed E-state index contributed by atoms with van der Waals surface area (Å²) in [6.45, 7) is 1.47. The Balaban J connectivity index is 1.89. The minimum absolute atomic E-state index is 0.00392. The van der Waals surface area contributed by atoms with Gasteiger partial charge in [0, 0.05) is 6.54 Å². The lowest BCUT2D eigenvalue weighted by Crippen LogP contribution is -2.31. The highest BCUT2D eigenvalue weighted by Gasteiger charge is 2.32. The molecule has 0 radical (unpaired) electrons. The van der Waals surface area contributed by atoms with Crippen molar-refractivity contribution in [3.8, 4) is 5.75 Å². The minimum atomic E-state index is -3.93. The first-order chi connectivity index (χ1) is 13.7. The van der Waals surface area contributed by atoms with Gasteiger partial charge in [-0.3, -0.25) is 0 Å². The molecule has 0 saturated carbocycles. The third-order valence-corrected chi connectivity index (χ3v) is 7.93. The lowest BCUT2D eigenvalue weighted by molar-refractivity contribution is 0.414. The molecule has 0 unspecified atom stereocenters. The van der Waals surface area contributed by atoms with Crippen molar-refractivity contribution in [1.82, 2.24) is 4.72 Å². The molecule has 0 aliphatic carbocycles. The Hall–Kier alpha value is -2.62. The third-order valence-electron chi connectivity index (χ3n) is 4.41. The van der Waals surface area contributed by atoms with Gasteiger partial charge in [-0.15, -0.1) is 0 Å². The first-order valence-electron chi connectivity index (χ1n) is 8.72. The SMILES string of the molecule is COc1ccc(S(=O)(=O)NC[C@H](c2ccco2)S(=O)(=O)c2ccc(C)cc2)cc1. The number of sulfonamides is 1. The Kier molecular flexibility index (Phi) is 6.11. The average Bonchev–Trinajstić information content (AvgIpc) is 3.22. The minimum Gasteiger partial charge on any atom is -0.497 e. The lowest BCUT2D eigenvalue weighted by Gasteiger charge is -2.17. The summed E-state index contributed by atoms with van der Waals surface area (Å²) >= 11 is 0. The highest BCUT2D eigenvalue weighted by Crippen LogP contribution is 2.29. The van der Waals surface area contributed by atoms with Gasteiger partial charge in [-0.05, 0) is 55.5 Å². The monoisotopic (exact) mass is 435 g/mol. The molecule has 3 aromatic rings. The number of hydrogen-bond donors (Lipinski definition) is 1. The van der Waals surface area contributed by atoms with Crippen LogP contribution >= 0.6 is 0 Å². The summed E-state index contributed by atoms with van der Waals surface area (Å²) in [7, 11) is -6.35. The first kappa shape index (κ1) is 21.1. The van der Waals surface area contributed by atoms with Crippen LogP contribution in [0.15, 0.2) is 81.1 Å². The van der Waals surface area contributed by atoms with Crippen LogP contribution in [-0.4, -0.2) is 30.5 Å². The maximum atomic E-state index is 13.2. The van der Waals surface area contributed by atoms with Crippen LogP contribution in [0, 0.1) is 6.92 Å². The van der Waals surface area contributed by atoms with Crippen LogP contribution in [-0.2, 0) is 19.9 Å². The van der Waals surface area contributed by atoms with Crippen molar-refractivity contribution in [2.24, 2.45) is 0 Å². The fourth-order valence-corrected chi connectivity index (χ4v) is 5.49. The van der Waals surface area contributed by atoms with E-state index in [1.807, 2.05) is 6.92 Å². The van der Waals surface area contributed by atoms with Gasteiger partial charge in [-0.25, -0.2) is 21.6 Å². The molecule has 9 heteroatoms. The van der Waals surface area contributed by atoms with E-state index in [2.05, 4.69) is 4.72 Å². The molecule has 154 valence electrons. The molecule has 1 N–H and O–H groups in total. The van der Waals surface area contributed by atoms with Gasteiger partial charge in [0.2, 0.25) is 10.0 Å². The van der Waals surface area contributed by atoms with Crippen LogP contribution in [0.3, 0.4) is 0 Å². The summed E-state index contributed by atoms with van der Waals surface area (Å²) in [4.78, 5) is 0.0948. The van der Waals surface area contributed by atoms with Crippen molar-refractivity contribution in [2.45, 2.75) is 22.0 Å². The van der Waals surface area contributed by atoms with Crippen LogP contribution in [0.1, 0.15) is 16.6 Å². The number of aryl methyl sites for hydroxylation is 1. The van der Waals surface area contributed by atoms with Crippen molar-refractivity contribution in [3.05, 3.63) is 78.3 Å². The second-order valence-electron chi connectivity index (χ2n) is 6.39. The maximum Gasteiger partial charge on any atom is 0.240 e. The van der Waals surface area contributed by atoms with Crippen molar-refractivity contribution >= 4 is 19.9 Å². The van der Waals surface area contributed by atoms with E-state index >= 15 is 0 Å². The van der Waals surface area contributed by atoms with E-state index in [0.29, 0.717) is 5.75 Å². The molecule has 0 spiro atoms. The maximum absolute atomic E-state index is 13.2. The van der Waals surface area contributed by atoms with Crippen LogP contribution in [0.5, 0.6) is 5.75 Å². The molecule has 0 aliphatic heterocycles. The predicted octanol–water partition coefficient (Wildman–Crippen LogP) is 3.09. The van der Waals surface area contributed by atoms with Crippen molar-refractivity contribution in [2.75, 3.05) is 13.7 Å². The number of hydrogen-bond acceptors (Lipinski definition) is 6. The van der Waals surface area contributed by atoms with E-state index in [1.54, 1.807) is 18.2 Å². The quantitative estimate of drug-likeness (QED) is 0.583. The Morgan fingerprint density at radius 3 is 2.10 bits per heavy atom. The number of furan rings is 1. The normalized spacial score (nSPS) is 13.2. The molecule has 2 aromatic carbocycles. The molecule has 0 bridgehead atoms. The number of benzene rings is 2. The molecule has 0 saturated heterocycles. The first-order valence-corrected chi connectivity index (χ1v) is 11.7. The highest BCUT2D eigenvalue weighted by molar-refractivity contribution is 7.92. The summed E-state index contributed by atoms with van der Waals surface area (Å²) in [6.07, 6.45) is 1.35. The zero-order chi connectivity index (χ0) is 21.1. The van der Waals surface area contributed by atoms with Gasteiger partial charge in [0.1, 0.15) is 16.8 Å². The number of sulfone groups is 1. The molecule has 1 atom stereocenters. The van der Waals surface area contributed by atoms with E-state index in [-0.39, 0.29) is 22.1 Å². The number of methoxy groups -OCH3 is 1. The Labute approximate surface area is 170 Å². The third kappa shape index (κ3) is 4.69. The van der Waals surface area contributed by atoms with Crippen molar-refractivity contribution in [1.29, 1.82) is 0 Å². The molecule has 3 rings (SSSR count). The van der Waals surface area contributed by atoms with Gasteiger partial charge < -0.3 is 9.15 Å². The number of ether oxygens (including phenoxy) is 1. The molecule has 1 heterocycles. The zero-order valence-corrected chi connectivity index (χ0v) is 17.5. The van der Waals surface area contributed by atoms with Gasteiger partial charge in [-0.1, -0.05) is 17.7 Å². The van der Waals surface area contributed by atoms with E-state index in [9.17, 15) is 16.8 Å².